The predicted molar refractivity (Wildman–Crippen MR) is 105 cm³/mol. The van der Waals surface area contributed by atoms with Crippen molar-refractivity contribution in [3.8, 4) is 0 Å². The number of hydrogen-bond donors (Lipinski definition) is 0. The van der Waals surface area contributed by atoms with Gasteiger partial charge in [-0.1, -0.05) is 53.7 Å². The molecule has 1 fully saturated rings. The van der Waals surface area contributed by atoms with E-state index in [0.717, 1.165) is 31.5 Å². The number of allylic oxidation sites excluding steroid dienone is 1. The maximum Gasteiger partial charge on any atom is 0.306 e. The molecule has 1 aromatic rings. The minimum Gasteiger partial charge on any atom is -0.461 e. The molecule has 1 atom stereocenters. The van der Waals surface area contributed by atoms with E-state index in [-0.39, 0.29) is 11.2 Å². The maximum absolute atomic E-state index is 12.4. The highest BCUT2D eigenvalue weighted by atomic mass is 32.2. The zero-order chi connectivity index (χ0) is 18.2. The molecule has 2 aliphatic rings. The first-order chi connectivity index (χ1) is 12.7. The molecular formula is C21H27NO3S. The van der Waals surface area contributed by atoms with Gasteiger partial charge in [-0.3, -0.25) is 9.59 Å². The van der Waals surface area contributed by atoms with E-state index in [1.807, 2.05) is 35.2 Å². The number of hydrogen-bond acceptors (Lipinski definition) is 4. The molecule has 1 amide bonds. The van der Waals surface area contributed by atoms with Crippen LogP contribution < -0.4 is 0 Å². The van der Waals surface area contributed by atoms with Crippen molar-refractivity contribution in [2.45, 2.75) is 45.1 Å². The van der Waals surface area contributed by atoms with E-state index in [1.165, 1.54) is 30.2 Å². The minimum atomic E-state index is -0.199. The van der Waals surface area contributed by atoms with Crippen LogP contribution in [0.5, 0.6) is 0 Å². The number of piperidine rings is 1. The highest BCUT2D eigenvalue weighted by Gasteiger charge is 2.27. The van der Waals surface area contributed by atoms with Gasteiger partial charge in [0.1, 0.15) is 6.61 Å². The number of benzene rings is 1. The second-order valence-corrected chi connectivity index (χ2v) is 8.03. The Morgan fingerprint density at radius 3 is 2.88 bits per heavy atom. The van der Waals surface area contributed by atoms with E-state index in [4.69, 9.17) is 4.74 Å². The molecule has 1 heterocycles. The smallest absolute Gasteiger partial charge is 0.306 e. The monoisotopic (exact) mass is 373 g/mol. The molecule has 3 rings (SSSR count). The molecule has 5 heteroatoms. The van der Waals surface area contributed by atoms with Gasteiger partial charge >= 0.3 is 5.97 Å². The fourth-order valence-corrected chi connectivity index (χ4v) is 4.37. The Morgan fingerprint density at radius 1 is 1.19 bits per heavy atom. The number of thioether (sulfide) groups is 1. The van der Waals surface area contributed by atoms with Crippen molar-refractivity contribution < 1.29 is 14.3 Å². The maximum atomic E-state index is 12.4. The van der Waals surface area contributed by atoms with Crippen molar-refractivity contribution in [3.05, 3.63) is 47.5 Å². The van der Waals surface area contributed by atoms with E-state index in [0.29, 0.717) is 31.1 Å². The molecule has 1 aromatic carbocycles. The Balaban J connectivity index is 1.30. The van der Waals surface area contributed by atoms with Gasteiger partial charge in [0.25, 0.3) is 5.24 Å². The summed E-state index contributed by atoms with van der Waals surface area (Å²) in [5.41, 5.74) is 2.45. The first-order valence-electron chi connectivity index (χ1n) is 9.52. The molecule has 0 N–H and O–H groups in total. The van der Waals surface area contributed by atoms with E-state index < -0.39 is 0 Å². The van der Waals surface area contributed by atoms with Gasteiger partial charge < -0.3 is 9.64 Å². The standard InChI is InChI=1S/C21H27NO3S/c23-20(25-16-17-7-2-1-3-8-17)11-6-14-26-21(24)22-13-12-18-9-4-5-10-19(18)15-22/h1-3,7-8,10,18H,4-6,9,11-16H2. The molecule has 1 aliphatic heterocycles. The molecule has 0 bridgehead atoms. The van der Waals surface area contributed by atoms with Crippen molar-refractivity contribution in [1.29, 1.82) is 0 Å². The summed E-state index contributed by atoms with van der Waals surface area (Å²) in [7, 11) is 0. The van der Waals surface area contributed by atoms with Crippen LogP contribution >= 0.6 is 11.8 Å². The first kappa shape index (κ1) is 19.0. The quantitative estimate of drug-likeness (QED) is 0.408. The second-order valence-electron chi connectivity index (χ2n) is 6.98. The summed E-state index contributed by atoms with van der Waals surface area (Å²) in [5, 5.41) is 0.146. The van der Waals surface area contributed by atoms with Crippen LogP contribution in [0.4, 0.5) is 4.79 Å². The molecule has 1 unspecified atom stereocenters. The SMILES string of the molecule is O=C(CCCSC(=O)N1CCC2CCCC=C2C1)OCc1ccccc1. The Hall–Kier alpha value is -1.75. The summed E-state index contributed by atoms with van der Waals surface area (Å²) >= 11 is 1.33. The lowest BCUT2D eigenvalue weighted by molar-refractivity contribution is -0.144. The van der Waals surface area contributed by atoms with Gasteiger partial charge in [0.2, 0.25) is 0 Å². The number of rotatable bonds is 6. The van der Waals surface area contributed by atoms with Gasteiger partial charge in [0, 0.05) is 25.3 Å². The summed E-state index contributed by atoms with van der Waals surface area (Å²) < 4.78 is 5.26. The third kappa shape index (κ3) is 5.63. The lowest BCUT2D eigenvalue weighted by Gasteiger charge is -2.36. The topological polar surface area (TPSA) is 46.6 Å². The van der Waals surface area contributed by atoms with Gasteiger partial charge in [-0.05, 0) is 43.6 Å². The van der Waals surface area contributed by atoms with Crippen LogP contribution in [0, 0.1) is 5.92 Å². The van der Waals surface area contributed by atoms with Gasteiger partial charge in [0.05, 0.1) is 0 Å². The summed E-state index contributed by atoms with van der Waals surface area (Å²) in [4.78, 5) is 26.1. The van der Waals surface area contributed by atoms with Crippen LogP contribution in [0.3, 0.4) is 0 Å². The van der Waals surface area contributed by atoms with Crippen LogP contribution in [0.15, 0.2) is 42.0 Å². The summed E-state index contributed by atoms with van der Waals surface area (Å²) in [6.07, 6.45) is 8.20. The average molecular weight is 374 g/mol. The number of carbonyl (C=O) groups is 2. The van der Waals surface area contributed by atoms with E-state index >= 15 is 0 Å². The number of fused-ring (bicyclic) bond motifs is 1. The van der Waals surface area contributed by atoms with Gasteiger partial charge in [0.15, 0.2) is 0 Å². The number of amides is 1. The summed E-state index contributed by atoms with van der Waals surface area (Å²) in [6.45, 7) is 1.98. The third-order valence-corrected chi connectivity index (χ3v) is 6.06. The lowest BCUT2D eigenvalue weighted by atomic mass is 9.83. The largest absolute Gasteiger partial charge is 0.461 e. The molecule has 140 valence electrons. The van der Waals surface area contributed by atoms with Crippen LogP contribution in [-0.4, -0.2) is 35.0 Å². The molecule has 1 saturated heterocycles. The number of likely N-dealkylation sites (tertiary alicyclic amines) is 1. The number of nitrogens with zero attached hydrogens (tertiary/aromatic N) is 1. The van der Waals surface area contributed by atoms with Gasteiger partial charge in [-0.25, -0.2) is 0 Å². The number of ether oxygens (including phenoxy) is 1. The fraction of sp³-hybridized carbons (Fsp3) is 0.524. The Labute approximate surface area is 160 Å². The van der Waals surface area contributed by atoms with Crippen molar-refractivity contribution in [2.24, 2.45) is 5.92 Å². The summed E-state index contributed by atoms with van der Waals surface area (Å²) in [5.74, 6) is 1.17. The van der Waals surface area contributed by atoms with Crippen LogP contribution in [-0.2, 0) is 16.1 Å². The van der Waals surface area contributed by atoms with Crippen molar-refractivity contribution >= 4 is 23.0 Å². The minimum absolute atomic E-state index is 0.146. The van der Waals surface area contributed by atoms with Gasteiger partial charge in [-0.2, -0.15) is 0 Å². The highest BCUT2D eigenvalue weighted by molar-refractivity contribution is 8.13. The average Bonchev–Trinajstić information content (AvgIpc) is 2.70. The van der Waals surface area contributed by atoms with Crippen LogP contribution in [0.2, 0.25) is 0 Å². The Morgan fingerprint density at radius 2 is 2.04 bits per heavy atom. The zero-order valence-electron chi connectivity index (χ0n) is 15.2. The second kappa shape index (κ2) is 9.81. The molecule has 0 spiro atoms. The lowest BCUT2D eigenvalue weighted by Crippen LogP contribution is -2.38. The van der Waals surface area contributed by atoms with E-state index in [1.54, 1.807) is 0 Å². The molecule has 0 radical (unpaired) electrons. The summed E-state index contributed by atoms with van der Waals surface area (Å²) in [6, 6.07) is 9.67. The molecular weight excluding hydrogens is 346 g/mol. The van der Waals surface area contributed by atoms with E-state index in [9.17, 15) is 9.59 Å². The number of esters is 1. The van der Waals surface area contributed by atoms with Crippen LogP contribution in [0.1, 0.15) is 44.1 Å². The predicted octanol–water partition coefficient (Wildman–Crippen LogP) is 4.80. The van der Waals surface area contributed by atoms with Crippen molar-refractivity contribution in [1.82, 2.24) is 4.90 Å². The normalized spacial score (nSPS) is 19.5. The molecule has 1 aliphatic carbocycles. The Kier molecular flexibility index (Phi) is 7.18. The van der Waals surface area contributed by atoms with Gasteiger partial charge in [-0.15, -0.1) is 0 Å². The van der Waals surface area contributed by atoms with Crippen molar-refractivity contribution in [2.75, 3.05) is 18.8 Å². The zero-order valence-corrected chi connectivity index (χ0v) is 16.0. The molecule has 0 saturated carbocycles. The highest BCUT2D eigenvalue weighted by Crippen LogP contribution is 2.32. The number of carbonyl (C=O) groups excluding carboxylic acids is 2. The molecule has 0 aromatic heterocycles. The van der Waals surface area contributed by atoms with Crippen molar-refractivity contribution in [3.63, 3.8) is 0 Å². The molecule has 26 heavy (non-hydrogen) atoms. The fourth-order valence-electron chi connectivity index (χ4n) is 3.57. The van der Waals surface area contributed by atoms with Crippen LogP contribution in [0.25, 0.3) is 0 Å². The third-order valence-electron chi connectivity index (χ3n) is 5.06. The first-order valence-corrected chi connectivity index (χ1v) is 10.5. The Bertz CT molecular complexity index is 644. The molecule has 4 nitrogen and oxygen atoms in total. The van der Waals surface area contributed by atoms with E-state index in [2.05, 4.69) is 6.08 Å².